The molecule has 0 amide bonds. The van der Waals surface area contributed by atoms with E-state index in [1.165, 1.54) is 6.92 Å². The number of hydrogen-bond acceptors (Lipinski definition) is 4. The van der Waals surface area contributed by atoms with Gasteiger partial charge in [-0.05, 0) is 6.42 Å². The van der Waals surface area contributed by atoms with E-state index in [2.05, 4.69) is 4.18 Å². The summed E-state index contributed by atoms with van der Waals surface area (Å²) in [5.74, 6) is 0. The molecule has 7 heteroatoms. The molecule has 10 heavy (non-hydrogen) atoms. The Hall–Kier alpha value is 0.830. The van der Waals surface area contributed by atoms with Gasteiger partial charge in [0.1, 0.15) is 0 Å². The third-order valence-electron chi connectivity index (χ3n) is 0.582. The molecule has 2 N–H and O–H groups in total. The normalized spacial score (nSPS) is 13.9. The number of aliphatic hydroxyl groups is 1. The molecule has 0 rings (SSSR count). The smallest absolute Gasteiger partial charge is 1.00 e. The molecule has 0 aromatic heterocycles. The molecule has 0 aromatic carbocycles. The van der Waals surface area contributed by atoms with Gasteiger partial charge in [0, 0.05) is 0 Å². The molecule has 0 aliphatic rings. The van der Waals surface area contributed by atoms with E-state index in [9.17, 15) is 8.42 Å². The van der Waals surface area contributed by atoms with Crippen molar-refractivity contribution < 1.29 is 53.2 Å². The van der Waals surface area contributed by atoms with Gasteiger partial charge in [-0.25, -0.2) is 4.18 Å². The molecule has 0 aliphatic carbocycles. The molecule has 0 spiro atoms. The maximum absolute atomic E-state index is 9.77. The van der Waals surface area contributed by atoms with E-state index in [4.69, 9.17) is 9.66 Å². The summed E-state index contributed by atoms with van der Waals surface area (Å²) < 4.78 is 31.1. The monoisotopic (exact) mass is 180 g/mol. The second kappa shape index (κ2) is 5.48. The van der Waals surface area contributed by atoms with Gasteiger partial charge in [-0.1, -0.05) is 6.92 Å². The summed E-state index contributed by atoms with van der Waals surface area (Å²) in [5.41, 5.74) is 0. The van der Waals surface area contributed by atoms with Crippen LogP contribution in [0, 0.1) is 0 Å². The van der Waals surface area contributed by atoms with Crippen molar-refractivity contribution >= 4 is 10.4 Å². The van der Waals surface area contributed by atoms with Crippen molar-refractivity contribution in [3.63, 3.8) is 0 Å². The Bertz CT molecular complexity index is 169. The fourth-order valence-corrected chi connectivity index (χ4v) is 0.625. The molecule has 0 saturated carbocycles. The van der Waals surface area contributed by atoms with Crippen LogP contribution in [0.3, 0.4) is 0 Å². The van der Waals surface area contributed by atoms with E-state index >= 15 is 0 Å². The summed E-state index contributed by atoms with van der Waals surface area (Å²) in [6, 6.07) is 0. The van der Waals surface area contributed by atoms with Crippen LogP contribution in [0.5, 0.6) is 0 Å². The molecule has 0 radical (unpaired) electrons. The first-order valence-corrected chi connectivity index (χ1v) is 3.66. The van der Waals surface area contributed by atoms with Crippen LogP contribution in [0.25, 0.3) is 0 Å². The van der Waals surface area contributed by atoms with Crippen LogP contribution in [-0.4, -0.2) is 24.4 Å². The number of hydrogen-bond donors (Lipinski definition) is 2. The maximum Gasteiger partial charge on any atom is 1.00 e. The zero-order valence-electron chi connectivity index (χ0n) is 6.81. The van der Waals surface area contributed by atoms with E-state index in [0.29, 0.717) is 0 Å². The molecule has 0 bridgehead atoms. The molecular formula is C3H9NaO5S. The Morgan fingerprint density at radius 2 is 2.10 bits per heavy atom. The summed E-state index contributed by atoms with van der Waals surface area (Å²) >= 11 is 0. The summed E-state index contributed by atoms with van der Waals surface area (Å²) in [5, 5.41) is 8.43. The van der Waals surface area contributed by atoms with E-state index in [0.717, 1.165) is 0 Å². The standard InChI is InChI=1S/C3H8O5S.Na.H/c1-2-3(4)8-9(5,6)7;;/h3-4H,2H2,1H3,(H,5,6,7);;/q;+1;-1. The van der Waals surface area contributed by atoms with Crippen molar-refractivity contribution in [3.05, 3.63) is 0 Å². The van der Waals surface area contributed by atoms with Crippen LogP contribution in [0.4, 0.5) is 0 Å². The average molecular weight is 180 g/mol. The van der Waals surface area contributed by atoms with Crippen molar-refractivity contribution in [1.82, 2.24) is 0 Å². The minimum Gasteiger partial charge on any atom is -1.00 e. The molecule has 1 atom stereocenters. The molecule has 0 aromatic rings. The first kappa shape index (κ1) is 13.4. The minimum atomic E-state index is -4.49. The van der Waals surface area contributed by atoms with Gasteiger partial charge in [-0.15, -0.1) is 0 Å². The van der Waals surface area contributed by atoms with E-state index in [-0.39, 0.29) is 37.4 Å². The van der Waals surface area contributed by atoms with Crippen LogP contribution in [0.15, 0.2) is 0 Å². The van der Waals surface area contributed by atoms with Gasteiger partial charge < -0.3 is 6.53 Å². The van der Waals surface area contributed by atoms with E-state index < -0.39 is 16.7 Å². The van der Waals surface area contributed by atoms with Crippen LogP contribution in [0.1, 0.15) is 14.8 Å². The zero-order chi connectivity index (χ0) is 7.49. The Balaban J connectivity index is -0.000000320. The molecule has 1 unspecified atom stereocenters. The van der Waals surface area contributed by atoms with Gasteiger partial charge in [0.2, 0.25) is 0 Å². The van der Waals surface area contributed by atoms with Crippen molar-refractivity contribution in [1.29, 1.82) is 0 Å². The Morgan fingerprint density at radius 3 is 2.20 bits per heavy atom. The molecule has 0 heterocycles. The van der Waals surface area contributed by atoms with Gasteiger partial charge in [0.05, 0.1) is 0 Å². The predicted octanol–water partition coefficient (Wildman–Crippen LogP) is -3.35. The largest absolute Gasteiger partial charge is 1.00 e. The quantitative estimate of drug-likeness (QED) is 0.269. The molecular weight excluding hydrogens is 171 g/mol. The molecule has 0 fully saturated rings. The van der Waals surface area contributed by atoms with Crippen LogP contribution >= 0.6 is 0 Å². The first-order chi connectivity index (χ1) is 3.95. The summed E-state index contributed by atoms with van der Waals surface area (Å²) in [6.45, 7) is 1.51. The summed E-state index contributed by atoms with van der Waals surface area (Å²) in [7, 11) is -4.49. The average Bonchev–Trinajstić information content (AvgIpc) is 1.62. The van der Waals surface area contributed by atoms with E-state index in [1.807, 2.05) is 0 Å². The Kier molecular flexibility index (Phi) is 7.35. The van der Waals surface area contributed by atoms with E-state index in [1.54, 1.807) is 0 Å². The van der Waals surface area contributed by atoms with Crippen LogP contribution in [-0.2, 0) is 14.6 Å². The van der Waals surface area contributed by atoms with Gasteiger partial charge in [-0.2, -0.15) is 8.42 Å². The fraction of sp³-hybridized carbons (Fsp3) is 1.00. The van der Waals surface area contributed by atoms with Gasteiger partial charge >= 0.3 is 40.0 Å². The number of aliphatic hydroxyl groups excluding tert-OH is 1. The second-order valence-corrected chi connectivity index (χ2v) is 2.43. The topological polar surface area (TPSA) is 83.8 Å². The predicted molar refractivity (Wildman–Crippen MR) is 30.0 cm³/mol. The SMILES string of the molecule is CCC(O)OS(=O)(=O)O.[H-].[Na+]. The second-order valence-electron chi connectivity index (χ2n) is 1.39. The fourth-order valence-electron chi connectivity index (χ4n) is 0.208. The van der Waals surface area contributed by atoms with Gasteiger partial charge in [0.15, 0.2) is 6.29 Å². The van der Waals surface area contributed by atoms with Gasteiger partial charge in [0.25, 0.3) is 0 Å². The van der Waals surface area contributed by atoms with Crippen molar-refractivity contribution in [2.45, 2.75) is 19.6 Å². The summed E-state index contributed by atoms with van der Waals surface area (Å²) in [6.07, 6.45) is -1.33. The van der Waals surface area contributed by atoms with Crippen LogP contribution < -0.4 is 29.6 Å². The maximum atomic E-state index is 9.77. The summed E-state index contributed by atoms with van der Waals surface area (Å²) in [4.78, 5) is 0. The zero-order valence-corrected chi connectivity index (χ0v) is 8.63. The molecule has 0 saturated heterocycles. The molecule has 58 valence electrons. The molecule has 5 nitrogen and oxygen atoms in total. The third kappa shape index (κ3) is 8.83. The third-order valence-corrected chi connectivity index (χ3v) is 1.05. The first-order valence-electron chi connectivity index (χ1n) is 2.29. The number of rotatable bonds is 3. The van der Waals surface area contributed by atoms with Gasteiger partial charge in [-0.3, -0.25) is 4.55 Å². The van der Waals surface area contributed by atoms with Crippen molar-refractivity contribution in [2.75, 3.05) is 0 Å². The van der Waals surface area contributed by atoms with Crippen LogP contribution in [0.2, 0.25) is 0 Å². The molecule has 0 aliphatic heterocycles. The minimum absolute atomic E-state index is 0. The van der Waals surface area contributed by atoms with Crippen molar-refractivity contribution in [2.24, 2.45) is 0 Å². The Morgan fingerprint density at radius 1 is 1.70 bits per heavy atom. The van der Waals surface area contributed by atoms with Crippen molar-refractivity contribution in [3.8, 4) is 0 Å². The Labute approximate surface area is 83.1 Å².